The summed E-state index contributed by atoms with van der Waals surface area (Å²) < 4.78 is 7.99. The van der Waals surface area contributed by atoms with E-state index < -0.39 is 0 Å². The van der Waals surface area contributed by atoms with Gasteiger partial charge in [-0.3, -0.25) is 0 Å². The second-order valence-electron chi connectivity index (χ2n) is 5.91. The van der Waals surface area contributed by atoms with E-state index in [1.807, 2.05) is 54.6 Å². The molecule has 6 heteroatoms. The van der Waals surface area contributed by atoms with Crippen LogP contribution in [0.15, 0.2) is 60.7 Å². The zero-order chi connectivity index (χ0) is 20.1. The zero-order valence-electron chi connectivity index (χ0n) is 14.4. The topological polar surface area (TPSA) is 33.0 Å². The summed E-state index contributed by atoms with van der Waals surface area (Å²) in [7, 11) is 0. The van der Waals surface area contributed by atoms with Crippen molar-refractivity contribution in [3.05, 3.63) is 94.5 Å². The maximum atomic E-state index is 9.54. The number of nitrogens with zero attached hydrogens (tertiary/aromatic N) is 1. The van der Waals surface area contributed by atoms with Crippen molar-refractivity contribution in [1.82, 2.24) is 0 Å². The van der Waals surface area contributed by atoms with Crippen molar-refractivity contribution in [3.8, 4) is 11.8 Å². The summed E-state index contributed by atoms with van der Waals surface area (Å²) in [6, 6.07) is 21.1. The van der Waals surface area contributed by atoms with Gasteiger partial charge in [0.05, 0.1) is 18.8 Å². The van der Waals surface area contributed by atoms with Gasteiger partial charge in [-0.25, -0.2) is 0 Å². The normalized spacial score (nSPS) is 11.2. The third-order valence-electron chi connectivity index (χ3n) is 3.90. The van der Waals surface area contributed by atoms with Gasteiger partial charge in [0.1, 0.15) is 12.4 Å². The van der Waals surface area contributed by atoms with E-state index in [9.17, 15) is 5.26 Å². The summed E-state index contributed by atoms with van der Waals surface area (Å²) in [6.07, 6.45) is 1.87. The van der Waals surface area contributed by atoms with Crippen molar-refractivity contribution in [2.45, 2.75) is 6.61 Å². The molecule has 0 saturated heterocycles. The Morgan fingerprint density at radius 1 is 0.929 bits per heavy atom. The van der Waals surface area contributed by atoms with Gasteiger partial charge >= 0.3 is 0 Å². The average Bonchev–Trinajstić information content (AvgIpc) is 2.67. The van der Waals surface area contributed by atoms with E-state index in [2.05, 4.69) is 51.3 Å². The van der Waals surface area contributed by atoms with E-state index in [4.69, 9.17) is 27.9 Å². The second-order valence-corrected chi connectivity index (χ2v) is 9.10. The van der Waals surface area contributed by atoms with Crippen LogP contribution >= 0.6 is 68.4 Å². The minimum absolute atomic E-state index is 0.465. The molecule has 0 heterocycles. The predicted molar refractivity (Wildman–Crippen MR) is 133 cm³/mol. The summed E-state index contributed by atoms with van der Waals surface area (Å²) in [6.45, 7) is 0.465. The number of allylic oxidation sites excluding steroid dienone is 1. The molecule has 0 radical (unpaired) electrons. The molecular weight excluding hydrogens is 619 g/mol. The minimum Gasteiger partial charge on any atom is -0.487 e. The van der Waals surface area contributed by atoms with Crippen molar-refractivity contribution in [3.63, 3.8) is 0 Å². The van der Waals surface area contributed by atoms with E-state index in [0.717, 1.165) is 29.6 Å². The molecule has 0 fully saturated rings. The van der Waals surface area contributed by atoms with Crippen LogP contribution in [0.4, 0.5) is 0 Å². The number of rotatable bonds is 5. The molecule has 0 bridgehead atoms. The number of hydrogen-bond donors (Lipinski definition) is 0. The minimum atomic E-state index is 0.465. The summed E-state index contributed by atoms with van der Waals surface area (Å²) in [5.41, 5.74) is 3.41. The Labute approximate surface area is 201 Å². The largest absolute Gasteiger partial charge is 0.487 e. The summed E-state index contributed by atoms with van der Waals surface area (Å²) in [4.78, 5) is 0. The first-order valence-corrected chi connectivity index (χ1v) is 11.1. The smallest absolute Gasteiger partial charge is 0.146 e. The monoisotopic (exact) mass is 631 g/mol. The van der Waals surface area contributed by atoms with E-state index in [0.29, 0.717) is 22.2 Å². The van der Waals surface area contributed by atoms with Crippen molar-refractivity contribution in [2.24, 2.45) is 0 Å². The van der Waals surface area contributed by atoms with E-state index >= 15 is 0 Å². The Hall–Kier alpha value is -1.27. The number of hydrogen-bond acceptors (Lipinski definition) is 2. The molecule has 0 aliphatic carbocycles. The molecule has 0 N–H and O–H groups in total. The van der Waals surface area contributed by atoms with Crippen molar-refractivity contribution in [1.29, 1.82) is 5.26 Å². The lowest BCUT2D eigenvalue weighted by Gasteiger charge is -2.12. The maximum Gasteiger partial charge on any atom is 0.146 e. The van der Waals surface area contributed by atoms with Crippen molar-refractivity contribution in [2.75, 3.05) is 0 Å². The van der Waals surface area contributed by atoms with Gasteiger partial charge in [0.25, 0.3) is 0 Å². The van der Waals surface area contributed by atoms with Gasteiger partial charge in [-0.1, -0.05) is 47.5 Å². The number of nitriles is 1. The fourth-order valence-corrected chi connectivity index (χ4v) is 4.89. The van der Waals surface area contributed by atoms with Crippen LogP contribution in [0, 0.1) is 18.5 Å². The van der Waals surface area contributed by atoms with E-state index in [-0.39, 0.29) is 0 Å². The Morgan fingerprint density at radius 2 is 1.46 bits per heavy atom. The highest BCUT2D eigenvalue weighted by molar-refractivity contribution is 14.1. The van der Waals surface area contributed by atoms with Crippen LogP contribution in [0.25, 0.3) is 11.6 Å². The molecule has 0 aromatic heterocycles. The van der Waals surface area contributed by atoms with Gasteiger partial charge in [-0.15, -0.1) is 0 Å². The van der Waals surface area contributed by atoms with Gasteiger partial charge in [0.15, 0.2) is 0 Å². The molecule has 0 aliphatic rings. The fourth-order valence-electron chi connectivity index (χ4n) is 2.51. The summed E-state index contributed by atoms with van der Waals surface area (Å²) in [5.74, 6) is 0.832. The van der Waals surface area contributed by atoms with Crippen molar-refractivity contribution >= 4 is 80.0 Å². The first-order chi connectivity index (χ1) is 13.5. The molecule has 0 saturated carbocycles. The van der Waals surface area contributed by atoms with Crippen LogP contribution in [-0.4, -0.2) is 0 Å². The van der Waals surface area contributed by atoms with Gasteiger partial charge in [-0.05, 0) is 104 Å². The van der Waals surface area contributed by atoms with Gasteiger partial charge in [0.2, 0.25) is 0 Å². The Kier molecular flexibility index (Phi) is 7.63. The van der Waals surface area contributed by atoms with Gasteiger partial charge in [0, 0.05) is 10.0 Å². The third kappa shape index (κ3) is 5.63. The van der Waals surface area contributed by atoms with E-state index in [1.165, 1.54) is 0 Å². The molecule has 0 amide bonds. The zero-order valence-corrected chi connectivity index (χ0v) is 20.3. The molecule has 0 aliphatic heterocycles. The third-order valence-corrected chi connectivity index (χ3v) is 6.01. The molecule has 0 unspecified atom stereocenters. The molecule has 0 atom stereocenters. The highest BCUT2D eigenvalue weighted by Crippen LogP contribution is 2.31. The number of ether oxygens (including phenoxy) is 1. The lowest BCUT2D eigenvalue weighted by Crippen LogP contribution is -1.99. The van der Waals surface area contributed by atoms with E-state index in [1.54, 1.807) is 12.1 Å². The molecular formula is C22H13Cl2I2NO. The fraction of sp³-hybridized carbons (Fsp3) is 0.0455. The standard InChI is InChI=1S/C22H13Cl2I2NO/c23-18-5-1-14(2-6-18)13-28-22-20(25)10-15(11-21(22)26)9-17(12-27)16-3-7-19(24)8-4-16/h1-11H,13H2/b17-9-. The molecule has 140 valence electrons. The summed E-state index contributed by atoms with van der Waals surface area (Å²) in [5, 5.41) is 10.9. The first-order valence-electron chi connectivity index (χ1n) is 8.20. The Bertz CT molecular complexity index is 1030. The van der Waals surface area contributed by atoms with Crippen LogP contribution in [0.2, 0.25) is 10.0 Å². The molecule has 28 heavy (non-hydrogen) atoms. The van der Waals surface area contributed by atoms with Gasteiger partial charge in [-0.2, -0.15) is 5.26 Å². The molecule has 3 aromatic carbocycles. The van der Waals surface area contributed by atoms with Crippen LogP contribution in [0.3, 0.4) is 0 Å². The lowest BCUT2D eigenvalue weighted by atomic mass is 10.0. The predicted octanol–water partition coefficient (Wildman–Crippen LogP) is 7.85. The Balaban J connectivity index is 1.83. The van der Waals surface area contributed by atoms with Crippen molar-refractivity contribution < 1.29 is 4.74 Å². The van der Waals surface area contributed by atoms with Gasteiger partial charge < -0.3 is 4.74 Å². The highest BCUT2D eigenvalue weighted by Gasteiger charge is 2.10. The van der Waals surface area contributed by atoms with Crippen LogP contribution < -0.4 is 4.74 Å². The molecule has 3 rings (SSSR count). The lowest BCUT2D eigenvalue weighted by molar-refractivity contribution is 0.302. The van der Waals surface area contributed by atoms with Crippen LogP contribution in [0.1, 0.15) is 16.7 Å². The highest BCUT2D eigenvalue weighted by atomic mass is 127. The molecule has 2 nitrogen and oxygen atoms in total. The quantitative estimate of drug-likeness (QED) is 0.163. The summed E-state index contributed by atoms with van der Waals surface area (Å²) >= 11 is 16.4. The molecule has 3 aromatic rings. The first kappa shape index (κ1) is 21.4. The van der Waals surface area contributed by atoms with Crippen LogP contribution in [-0.2, 0) is 6.61 Å². The second kappa shape index (κ2) is 9.97. The van der Waals surface area contributed by atoms with Crippen LogP contribution in [0.5, 0.6) is 5.75 Å². The number of benzene rings is 3. The maximum absolute atomic E-state index is 9.54. The average molecular weight is 632 g/mol. The Morgan fingerprint density at radius 3 is 2.00 bits per heavy atom. The number of halogens is 4. The SMILES string of the molecule is N#C/C(=C/c1cc(I)c(OCc2ccc(Cl)cc2)c(I)c1)c1ccc(Cl)cc1. The molecule has 0 spiro atoms.